The first-order chi connectivity index (χ1) is 43.4. The normalized spacial score (nSPS) is 15.2. The van der Waals surface area contributed by atoms with Crippen molar-refractivity contribution in [3.8, 4) is 62.3 Å². The molecule has 2 saturated heterocycles. The molecule has 23 heteroatoms. The Labute approximate surface area is 510 Å². The molecule has 89 heavy (non-hydrogen) atoms. The fraction of sp³-hybridized carbons (Fsp3) is 0.258. The molecule has 0 radical (unpaired) electrons. The number of hydrogen-bond acceptors (Lipinski definition) is 16. The first kappa shape index (κ1) is 61.4. The molecule has 13 rings (SSSR count). The Morgan fingerprint density at radius 3 is 1.22 bits per heavy atom. The number of imidazole rings is 3. The summed E-state index contributed by atoms with van der Waals surface area (Å²) in [6, 6.07) is 47.1. The summed E-state index contributed by atoms with van der Waals surface area (Å²) in [7, 11) is -5.75. The Kier molecular flexibility index (Phi) is 20.1. The Morgan fingerprint density at radius 2 is 0.843 bits per heavy atom. The van der Waals surface area contributed by atoms with E-state index in [9.17, 15) is 21.6 Å². The van der Waals surface area contributed by atoms with E-state index >= 15 is 0 Å². The van der Waals surface area contributed by atoms with Crippen LogP contribution in [0.25, 0.3) is 72.4 Å². The van der Waals surface area contributed by atoms with Crippen LogP contribution in [0.2, 0.25) is 0 Å². The van der Waals surface area contributed by atoms with Crippen molar-refractivity contribution in [1.29, 1.82) is 0 Å². The van der Waals surface area contributed by atoms with Gasteiger partial charge in [0.05, 0.1) is 52.9 Å². The van der Waals surface area contributed by atoms with Crippen LogP contribution in [0.1, 0.15) is 38.5 Å². The van der Waals surface area contributed by atoms with E-state index in [1.165, 1.54) is 18.8 Å². The molecule has 2 atom stereocenters. The van der Waals surface area contributed by atoms with Crippen molar-refractivity contribution in [2.45, 2.75) is 56.6 Å². The molecule has 0 bridgehead atoms. The smallest absolute Gasteiger partial charge is 0.491 e. The number of rotatable bonds is 20. The topological polar surface area (TPSA) is 207 Å². The molecule has 6 aromatic carbocycles. The van der Waals surface area contributed by atoms with Gasteiger partial charge in [0.1, 0.15) is 61.8 Å². The third-order valence-electron chi connectivity index (χ3n) is 14.4. The van der Waals surface area contributed by atoms with Crippen molar-refractivity contribution in [3.63, 3.8) is 0 Å². The van der Waals surface area contributed by atoms with Crippen LogP contribution in [0.3, 0.4) is 0 Å². The monoisotopic (exact) mass is 1230 g/mol. The summed E-state index contributed by atoms with van der Waals surface area (Å²) in [6.45, 7) is 3.63. The molecular weight excluding hydrogens is 1170 g/mol. The highest BCUT2D eigenvalue weighted by atomic mass is 32.2. The first-order valence-electron chi connectivity index (χ1n) is 28.9. The quantitative estimate of drug-likeness (QED) is 0.0428. The summed E-state index contributed by atoms with van der Waals surface area (Å²) in [6.07, 6.45) is 18.4. The lowest BCUT2D eigenvalue weighted by Crippen LogP contribution is -2.28. The number of aromatic nitrogens is 8. The van der Waals surface area contributed by atoms with Gasteiger partial charge in [-0.25, -0.2) is 15.0 Å². The summed E-state index contributed by atoms with van der Waals surface area (Å²) in [4.78, 5) is 21.4. The molecule has 0 amide bonds. The van der Waals surface area contributed by atoms with E-state index in [1.54, 1.807) is 53.6 Å². The van der Waals surface area contributed by atoms with Crippen LogP contribution in [-0.4, -0.2) is 123 Å². The van der Waals surface area contributed by atoms with Crippen molar-refractivity contribution in [2.24, 2.45) is 0 Å². The molecule has 0 spiro atoms. The second-order valence-corrected chi connectivity index (χ2v) is 22.0. The van der Waals surface area contributed by atoms with Crippen LogP contribution >= 0.6 is 0 Å². The Balaban J connectivity index is 0.000000139. The van der Waals surface area contributed by atoms with Crippen molar-refractivity contribution < 1.29 is 64.0 Å². The number of hydrogen-bond donors (Lipinski definition) is 1. The molecule has 2 unspecified atom stereocenters. The molecule has 2 aliphatic rings. The number of aliphatic hydroxyl groups excluding tert-OH is 1. The van der Waals surface area contributed by atoms with Gasteiger partial charge in [-0.05, 0) is 194 Å². The molecule has 460 valence electrons. The maximum absolute atomic E-state index is 12.5. The third kappa shape index (κ3) is 15.9. The molecule has 2 aliphatic heterocycles. The predicted octanol–water partition coefficient (Wildman–Crippen LogP) is 12.6. The second-order valence-electron chi connectivity index (χ2n) is 20.4. The van der Waals surface area contributed by atoms with Crippen LogP contribution in [-0.2, 0) is 29.1 Å². The Bertz CT molecular complexity index is 4150. The molecule has 7 heterocycles. The minimum atomic E-state index is -5.75. The molecule has 2 fully saturated rings. The van der Waals surface area contributed by atoms with E-state index < -0.39 is 21.4 Å². The van der Waals surface area contributed by atoms with E-state index in [-0.39, 0.29) is 24.7 Å². The van der Waals surface area contributed by atoms with Crippen LogP contribution < -0.4 is 18.4 Å². The molecule has 0 aliphatic carbocycles. The summed E-state index contributed by atoms with van der Waals surface area (Å²) in [5.74, 6) is 1.72. The molecule has 11 aromatic rings. The van der Waals surface area contributed by atoms with Crippen molar-refractivity contribution in [1.82, 2.24) is 38.6 Å². The van der Waals surface area contributed by atoms with Crippen LogP contribution in [0.5, 0.6) is 23.0 Å². The maximum Gasteiger partial charge on any atom is 0.534 e. The van der Waals surface area contributed by atoms with Crippen LogP contribution in [0.4, 0.5) is 13.2 Å². The van der Waals surface area contributed by atoms with Gasteiger partial charge < -0.3 is 42.4 Å². The fourth-order valence-corrected chi connectivity index (χ4v) is 10.4. The molecule has 0 saturated carbocycles. The zero-order valence-electron chi connectivity index (χ0n) is 48.2. The fourth-order valence-electron chi connectivity index (χ4n) is 9.94. The third-order valence-corrected chi connectivity index (χ3v) is 15.4. The number of aliphatic hydroxyl groups is 1. The van der Waals surface area contributed by atoms with Gasteiger partial charge in [-0.1, -0.05) is 12.1 Å². The average Bonchev–Trinajstić information content (AvgIpc) is 2.39. The summed E-state index contributed by atoms with van der Waals surface area (Å²) < 4.78 is 109. The molecular formula is C66H63F3N8O11S. The largest absolute Gasteiger partial charge is 0.534 e. The van der Waals surface area contributed by atoms with Gasteiger partial charge in [0.2, 0.25) is 0 Å². The number of fused-ring (bicyclic) bond motifs is 3. The van der Waals surface area contributed by atoms with Gasteiger partial charge >= 0.3 is 15.6 Å². The van der Waals surface area contributed by atoms with Gasteiger partial charge in [-0.2, -0.15) is 21.6 Å². The summed E-state index contributed by atoms with van der Waals surface area (Å²) in [5.41, 5.74) is 6.60. The summed E-state index contributed by atoms with van der Waals surface area (Å²) in [5, 5.41) is 8.81. The number of alkyl halides is 3. The number of ether oxygens (including phenoxy) is 7. The number of halogens is 3. The van der Waals surface area contributed by atoms with Gasteiger partial charge in [0, 0.05) is 61.1 Å². The highest BCUT2D eigenvalue weighted by Crippen LogP contribution is 2.32. The SMILES string of the molecule is O=S(=O)(Oc1ccc2c(c1)ncn2-c1ccc(OCCOC2CCCCO2)cc1)C(F)(F)F.OCCOc1ccc(-n2cnc3cc(-c4ccncc4)ccc32)cc1.c1cc(-c2ccc3c(c2)ncn3-c2ccc(OCCOC3CCCCO3)cc2)ccn1. The number of benzene rings is 6. The molecule has 1 N–H and O–H groups in total. The highest BCUT2D eigenvalue weighted by Gasteiger charge is 2.48. The minimum Gasteiger partial charge on any atom is -0.491 e. The maximum atomic E-state index is 12.5. The highest BCUT2D eigenvalue weighted by molar-refractivity contribution is 7.88. The zero-order chi connectivity index (χ0) is 61.4. The lowest BCUT2D eigenvalue weighted by Gasteiger charge is -2.22. The van der Waals surface area contributed by atoms with E-state index in [4.69, 9.17) is 38.3 Å². The van der Waals surface area contributed by atoms with E-state index in [0.717, 1.165) is 130 Å². The lowest BCUT2D eigenvalue weighted by atomic mass is 10.1. The Morgan fingerprint density at radius 1 is 0.461 bits per heavy atom. The average molecular weight is 1230 g/mol. The van der Waals surface area contributed by atoms with Crippen molar-refractivity contribution in [3.05, 3.63) is 195 Å². The Hall–Kier alpha value is -9.23. The number of nitrogens with zero attached hydrogens (tertiary/aromatic N) is 8. The van der Waals surface area contributed by atoms with Crippen molar-refractivity contribution in [2.75, 3.05) is 52.9 Å². The standard InChI is InChI=1S/C25H25N3O3.C21H21F3N2O6S.C20H17N3O2/c1-2-14-30-25(3-1)31-16-15-29-22-7-5-21(6-8-22)28-18-27-23-17-20(4-9-24(23)28)19-10-12-26-13-11-19;22-21(23,24)33(27,28)32-17-8-9-19-18(13-17)25-14-26(19)15-4-6-16(7-5-15)29-11-12-31-20-3-1-2-10-30-20;24-11-12-25-18-4-2-17(3-5-18)23-14-22-19-13-16(1-6-20(19)23)15-7-9-21-10-8-15/h4-13,17-18,25H,1-3,14-16H2;4-9,13-14,20H,1-3,10-12H2;1-10,13-14,24H,11-12H2. The number of pyridine rings is 2. The van der Waals surface area contributed by atoms with Gasteiger partial charge in [0.15, 0.2) is 12.6 Å². The van der Waals surface area contributed by atoms with Crippen LogP contribution in [0, 0.1) is 0 Å². The second kappa shape index (κ2) is 29.2. The van der Waals surface area contributed by atoms with E-state index in [0.29, 0.717) is 44.3 Å². The molecule has 5 aromatic heterocycles. The molecule has 19 nitrogen and oxygen atoms in total. The summed E-state index contributed by atoms with van der Waals surface area (Å²) >= 11 is 0. The minimum absolute atomic E-state index is 0.00766. The predicted molar refractivity (Wildman–Crippen MR) is 328 cm³/mol. The van der Waals surface area contributed by atoms with Gasteiger partial charge in [0.25, 0.3) is 0 Å². The van der Waals surface area contributed by atoms with E-state index in [1.807, 2.05) is 90.0 Å². The zero-order valence-corrected chi connectivity index (χ0v) is 49.0. The lowest BCUT2D eigenvalue weighted by molar-refractivity contribution is -0.165. The first-order valence-corrected chi connectivity index (χ1v) is 30.4. The van der Waals surface area contributed by atoms with Gasteiger partial charge in [-0.3, -0.25) is 23.7 Å². The van der Waals surface area contributed by atoms with Crippen molar-refractivity contribution >= 4 is 43.2 Å². The van der Waals surface area contributed by atoms with E-state index in [2.05, 4.69) is 70.1 Å². The van der Waals surface area contributed by atoms with Gasteiger partial charge in [-0.15, -0.1) is 0 Å². The van der Waals surface area contributed by atoms with Crippen LogP contribution in [0.15, 0.2) is 195 Å².